The van der Waals surface area contributed by atoms with E-state index in [-0.39, 0.29) is 11.6 Å². The lowest BCUT2D eigenvalue weighted by atomic mass is 10.1. The molecule has 0 amide bonds. The third-order valence-electron chi connectivity index (χ3n) is 2.58. The summed E-state index contributed by atoms with van der Waals surface area (Å²) in [4.78, 5) is 2.15. The summed E-state index contributed by atoms with van der Waals surface area (Å²) < 4.78 is 0. The Balaban J connectivity index is 2.46. The van der Waals surface area contributed by atoms with Gasteiger partial charge in [-0.25, -0.2) is 0 Å². The summed E-state index contributed by atoms with van der Waals surface area (Å²) in [6, 6.07) is 0. The van der Waals surface area contributed by atoms with Gasteiger partial charge in [-0.15, -0.1) is 0 Å². The molecule has 2 nitrogen and oxygen atoms in total. The fourth-order valence-electron chi connectivity index (χ4n) is 1.68. The lowest BCUT2D eigenvalue weighted by Crippen LogP contribution is -2.33. The van der Waals surface area contributed by atoms with Crippen LogP contribution in [0.3, 0.4) is 0 Å². The minimum atomic E-state index is -0.0672. The molecule has 1 rings (SSSR count). The van der Waals surface area contributed by atoms with E-state index < -0.39 is 0 Å². The zero-order valence-electron chi connectivity index (χ0n) is 7.09. The van der Waals surface area contributed by atoms with Crippen molar-refractivity contribution in [1.82, 2.24) is 4.90 Å². The average Bonchev–Trinajstić information content (AvgIpc) is 2.44. The standard InChI is InChI=1S/C8H17NO/c1-4-5-8(9(2)3)6-7(8)10/h7,10H,4-6H2,1-3H3. The van der Waals surface area contributed by atoms with Gasteiger partial charge in [-0.3, -0.25) is 0 Å². The lowest BCUT2D eigenvalue weighted by molar-refractivity contribution is 0.157. The molecule has 2 heteroatoms. The second-order valence-corrected chi connectivity index (χ2v) is 3.47. The van der Waals surface area contributed by atoms with E-state index in [9.17, 15) is 5.11 Å². The van der Waals surface area contributed by atoms with Crippen LogP contribution in [0.5, 0.6) is 0 Å². The zero-order valence-corrected chi connectivity index (χ0v) is 7.09. The quantitative estimate of drug-likeness (QED) is 0.633. The van der Waals surface area contributed by atoms with Gasteiger partial charge in [-0.2, -0.15) is 0 Å². The van der Waals surface area contributed by atoms with Gasteiger partial charge in [0.25, 0.3) is 0 Å². The molecule has 1 saturated carbocycles. The SMILES string of the molecule is CCCC1(N(C)C)CC1O. The van der Waals surface area contributed by atoms with Crippen LogP contribution in [0.15, 0.2) is 0 Å². The third-order valence-corrected chi connectivity index (χ3v) is 2.58. The lowest BCUT2D eigenvalue weighted by Gasteiger charge is -2.23. The highest BCUT2D eigenvalue weighted by Crippen LogP contribution is 2.44. The van der Waals surface area contributed by atoms with Crippen LogP contribution in [-0.2, 0) is 0 Å². The number of aliphatic hydroxyl groups excluding tert-OH is 1. The molecule has 0 heterocycles. The van der Waals surface area contributed by atoms with Crippen molar-refractivity contribution >= 4 is 0 Å². The molecule has 1 fully saturated rings. The molecule has 0 spiro atoms. The molecule has 0 aliphatic heterocycles. The van der Waals surface area contributed by atoms with E-state index in [4.69, 9.17) is 0 Å². The van der Waals surface area contributed by atoms with Crippen molar-refractivity contribution in [1.29, 1.82) is 0 Å². The molecule has 2 unspecified atom stereocenters. The Hall–Kier alpha value is -0.0800. The smallest absolute Gasteiger partial charge is 0.0743 e. The van der Waals surface area contributed by atoms with Crippen LogP contribution in [0, 0.1) is 0 Å². The Bertz CT molecular complexity index is 124. The van der Waals surface area contributed by atoms with Crippen LogP contribution in [0.25, 0.3) is 0 Å². The van der Waals surface area contributed by atoms with Crippen molar-refractivity contribution in [3.63, 3.8) is 0 Å². The minimum Gasteiger partial charge on any atom is -0.391 e. The molecule has 1 aliphatic rings. The highest BCUT2D eigenvalue weighted by atomic mass is 16.3. The van der Waals surface area contributed by atoms with Gasteiger partial charge in [0.2, 0.25) is 0 Å². The van der Waals surface area contributed by atoms with E-state index in [0.717, 1.165) is 19.3 Å². The number of nitrogens with zero attached hydrogens (tertiary/aromatic N) is 1. The molecule has 0 radical (unpaired) electrons. The van der Waals surface area contributed by atoms with Gasteiger partial charge in [-0.1, -0.05) is 13.3 Å². The summed E-state index contributed by atoms with van der Waals surface area (Å²) in [5.41, 5.74) is 0.148. The zero-order chi connectivity index (χ0) is 7.78. The summed E-state index contributed by atoms with van der Waals surface area (Å²) in [6.07, 6.45) is 3.19. The van der Waals surface area contributed by atoms with Crippen molar-refractivity contribution in [2.75, 3.05) is 14.1 Å². The molecule has 1 N–H and O–H groups in total. The van der Waals surface area contributed by atoms with Crippen molar-refractivity contribution in [2.24, 2.45) is 0 Å². The molecule has 60 valence electrons. The maximum atomic E-state index is 9.34. The predicted molar refractivity (Wildman–Crippen MR) is 41.9 cm³/mol. The van der Waals surface area contributed by atoms with Gasteiger partial charge in [0, 0.05) is 5.54 Å². The van der Waals surface area contributed by atoms with Gasteiger partial charge in [-0.05, 0) is 26.9 Å². The summed E-state index contributed by atoms with van der Waals surface area (Å²) in [5.74, 6) is 0. The molecule has 0 aromatic heterocycles. The van der Waals surface area contributed by atoms with E-state index in [1.807, 2.05) is 14.1 Å². The van der Waals surface area contributed by atoms with Gasteiger partial charge >= 0.3 is 0 Å². The maximum absolute atomic E-state index is 9.34. The average molecular weight is 143 g/mol. The van der Waals surface area contributed by atoms with Gasteiger partial charge in [0.15, 0.2) is 0 Å². The van der Waals surface area contributed by atoms with Crippen LogP contribution in [0.2, 0.25) is 0 Å². The Kier molecular flexibility index (Phi) is 2.02. The van der Waals surface area contributed by atoms with E-state index in [2.05, 4.69) is 11.8 Å². The van der Waals surface area contributed by atoms with Crippen molar-refractivity contribution < 1.29 is 5.11 Å². The highest BCUT2D eigenvalue weighted by Gasteiger charge is 2.54. The van der Waals surface area contributed by atoms with Crippen LogP contribution in [0.1, 0.15) is 26.2 Å². The summed E-state index contributed by atoms with van der Waals surface area (Å²) in [6.45, 7) is 2.16. The molecule has 10 heavy (non-hydrogen) atoms. The second-order valence-electron chi connectivity index (χ2n) is 3.47. The first-order chi connectivity index (χ1) is 4.63. The number of hydrogen-bond acceptors (Lipinski definition) is 2. The first kappa shape index (κ1) is 8.02. The maximum Gasteiger partial charge on any atom is 0.0743 e. The van der Waals surface area contributed by atoms with Gasteiger partial charge in [0.05, 0.1) is 6.10 Å². The van der Waals surface area contributed by atoms with Crippen molar-refractivity contribution in [3.8, 4) is 0 Å². The Labute approximate surface area is 62.8 Å². The first-order valence-electron chi connectivity index (χ1n) is 3.99. The molecule has 0 aromatic rings. The summed E-state index contributed by atoms with van der Waals surface area (Å²) in [7, 11) is 4.10. The fraction of sp³-hybridized carbons (Fsp3) is 1.00. The monoisotopic (exact) mass is 143 g/mol. The molecule has 1 aliphatic carbocycles. The van der Waals surface area contributed by atoms with Crippen LogP contribution in [0.4, 0.5) is 0 Å². The second kappa shape index (κ2) is 2.51. The number of likely N-dealkylation sites (N-methyl/N-ethyl adjacent to an activating group) is 1. The molecule has 0 saturated heterocycles. The predicted octanol–water partition coefficient (Wildman–Crippen LogP) is 0.852. The topological polar surface area (TPSA) is 23.5 Å². The van der Waals surface area contributed by atoms with Gasteiger partial charge in [0.1, 0.15) is 0 Å². The largest absolute Gasteiger partial charge is 0.391 e. The normalized spacial score (nSPS) is 38.7. The van der Waals surface area contributed by atoms with Crippen molar-refractivity contribution in [3.05, 3.63) is 0 Å². The van der Waals surface area contributed by atoms with Crippen LogP contribution >= 0.6 is 0 Å². The van der Waals surface area contributed by atoms with Crippen molar-refractivity contribution in [2.45, 2.75) is 37.8 Å². The van der Waals surface area contributed by atoms with E-state index in [1.54, 1.807) is 0 Å². The third kappa shape index (κ3) is 1.06. The molecular weight excluding hydrogens is 126 g/mol. The van der Waals surface area contributed by atoms with E-state index in [1.165, 1.54) is 0 Å². The van der Waals surface area contributed by atoms with E-state index in [0.29, 0.717) is 0 Å². The molecule has 0 aromatic carbocycles. The Morgan fingerprint density at radius 1 is 1.60 bits per heavy atom. The van der Waals surface area contributed by atoms with Crippen LogP contribution in [-0.4, -0.2) is 35.7 Å². The minimum absolute atomic E-state index is 0.0672. The molecular formula is C8H17NO. The summed E-state index contributed by atoms with van der Waals surface area (Å²) in [5, 5.41) is 9.34. The van der Waals surface area contributed by atoms with Crippen LogP contribution < -0.4 is 0 Å². The number of aliphatic hydroxyl groups is 1. The Morgan fingerprint density at radius 3 is 2.20 bits per heavy atom. The first-order valence-corrected chi connectivity index (χ1v) is 3.99. The summed E-state index contributed by atoms with van der Waals surface area (Å²) >= 11 is 0. The number of rotatable bonds is 3. The Morgan fingerprint density at radius 2 is 2.10 bits per heavy atom. The fourth-order valence-corrected chi connectivity index (χ4v) is 1.68. The molecule has 0 bridgehead atoms. The molecule has 2 atom stereocenters. The number of hydrogen-bond donors (Lipinski definition) is 1. The highest BCUT2D eigenvalue weighted by molar-refractivity contribution is 5.10. The van der Waals surface area contributed by atoms with E-state index >= 15 is 0 Å². The van der Waals surface area contributed by atoms with Gasteiger partial charge < -0.3 is 10.0 Å².